The summed E-state index contributed by atoms with van der Waals surface area (Å²) in [6.07, 6.45) is 1.74. The van der Waals surface area contributed by atoms with E-state index in [9.17, 15) is 13.2 Å². The Morgan fingerprint density at radius 2 is 2.11 bits per heavy atom. The summed E-state index contributed by atoms with van der Waals surface area (Å²) in [5.74, 6) is -0.399. The second-order valence-electron chi connectivity index (χ2n) is 4.71. The molecule has 0 bridgehead atoms. The molecule has 2 N–H and O–H groups in total. The van der Waals surface area contributed by atoms with Crippen molar-refractivity contribution in [3.05, 3.63) is 23.8 Å². The van der Waals surface area contributed by atoms with E-state index in [4.69, 9.17) is 0 Å². The summed E-state index contributed by atoms with van der Waals surface area (Å²) < 4.78 is 26.7. The van der Waals surface area contributed by atoms with Crippen molar-refractivity contribution in [3.8, 4) is 0 Å². The molecule has 0 unspecified atom stereocenters. The maximum Gasteiger partial charge on any atom is 0.240 e. The van der Waals surface area contributed by atoms with Crippen molar-refractivity contribution in [1.29, 1.82) is 0 Å². The van der Waals surface area contributed by atoms with Gasteiger partial charge < -0.3 is 5.32 Å². The van der Waals surface area contributed by atoms with E-state index in [1.807, 2.05) is 6.92 Å². The number of amides is 1. The van der Waals surface area contributed by atoms with Gasteiger partial charge in [-0.15, -0.1) is 0 Å². The molecule has 2 rings (SSSR count). The van der Waals surface area contributed by atoms with Crippen LogP contribution in [-0.2, 0) is 14.8 Å². The quantitative estimate of drug-likeness (QED) is 0.809. The number of unbranched alkanes of at least 4 members (excludes halogenated alkanes) is 1. The number of carbonyl (C=O) groups excluding carboxylic acids is 1. The van der Waals surface area contributed by atoms with Crippen LogP contribution >= 0.6 is 0 Å². The molecule has 0 aliphatic carbocycles. The van der Waals surface area contributed by atoms with Crippen LogP contribution in [0.25, 0.3) is 0 Å². The molecule has 1 aromatic carbocycles. The van der Waals surface area contributed by atoms with E-state index in [-0.39, 0.29) is 16.7 Å². The van der Waals surface area contributed by atoms with E-state index < -0.39 is 10.0 Å². The van der Waals surface area contributed by atoms with Gasteiger partial charge in [0.2, 0.25) is 15.9 Å². The number of sulfonamides is 1. The van der Waals surface area contributed by atoms with Gasteiger partial charge in [0.15, 0.2) is 0 Å². The van der Waals surface area contributed by atoms with Crippen LogP contribution in [0.5, 0.6) is 0 Å². The van der Waals surface area contributed by atoms with Gasteiger partial charge in [-0.05, 0) is 37.1 Å². The standard InChI is InChI=1S/C13H18N2O3S/c1-3-4-7-14-19(17,18)10-5-6-12-11(8-10)9(2)13(16)15-12/h5-6,8-9,14H,3-4,7H2,1-2H3,(H,15,16)/t9-/m0/s1. The first-order chi connectivity index (χ1) is 8.95. The maximum atomic E-state index is 12.1. The predicted molar refractivity (Wildman–Crippen MR) is 73.6 cm³/mol. The molecule has 0 saturated heterocycles. The third-order valence-electron chi connectivity index (χ3n) is 3.27. The minimum atomic E-state index is -3.48. The van der Waals surface area contributed by atoms with Crippen LogP contribution in [0.1, 0.15) is 38.2 Å². The summed E-state index contributed by atoms with van der Waals surface area (Å²) in [7, 11) is -3.48. The fourth-order valence-electron chi connectivity index (χ4n) is 2.03. The zero-order chi connectivity index (χ0) is 14.0. The SMILES string of the molecule is CCCCNS(=O)(=O)c1ccc2c(c1)[C@H](C)C(=O)N2. The monoisotopic (exact) mass is 282 g/mol. The van der Waals surface area contributed by atoms with Gasteiger partial charge in [0, 0.05) is 12.2 Å². The molecule has 6 heteroatoms. The van der Waals surface area contributed by atoms with Crippen LogP contribution in [-0.4, -0.2) is 20.9 Å². The molecular weight excluding hydrogens is 264 g/mol. The molecule has 1 aliphatic rings. The normalized spacial score (nSPS) is 18.2. The number of hydrogen-bond acceptors (Lipinski definition) is 3. The van der Waals surface area contributed by atoms with Crippen LogP contribution in [0.2, 0.25) is 0 Å². The fraction of sp³-hybridized carbons (Fsp3) is 0.462. The molecule has 104 valence electrons. The molecule has 5 nitrogen and oxygen atoms in total. The molecule has 0 aromatic heterocycles. The van der Waals surface area contributed by atoms with Crippen molar-refractivity contribution in [2.75, 3.05) is 11.9 Å². The zero-order valence-electron chi connectivity index (χ0n) is 11.1. The van der Waals surface area contributed by atoms with Gasteiger partial charge in [0.05, 0.1) is 10.8 Å². The minimum absolute atomic E-state index is 0.0940. The van der Waals surface area contributed by atoms with Gasteiger partial charge in [0.1, 0.15) is 0 Å². The summed E-state index contributed by atoms with van der Waals surface area (Å²) in [5.41, 5.74) is 1.44. The summed E-state index contributed by atoms with van der Waals surface area (Å²) in [6.45, 7) is 4.20. The zero-order valence-corrected chi connectivity index (χ0v) is 11.9. The lowest BCUT2D eigenvalue weighted by Gasteiger charge is -2.08. The lowest BCUT2D eigenvalue weighted by Crippen LogP contribution is -2.24. The topological polar surface area (TPSA) is 75.3 Å². The minimum Gasteiger partial charge on any atom is -0.325 e. The lowest BCUT2D eigenvalue weighted by atomic mass is 10.0. The van der Waals surface area contributed by atoms with Crippen LogP contribution in [0.15, 0.2) is 23.1 Å². The number of fused-ring (bicyclic) bond motifs is 1. The summed E-state index contributed by atoms with van der Waals surface area (Å²) in [4.78, 5) is 11.7. The number of carbonyl (C=O) groups is 1. The molecule has 0 saturated carbocycles. The highest BCUT2D eigenvalue weighted by molar-refractivity contribution is 7.89. The maximum absolute atomic E-state index is 12.1. The third-order valence-corrected chi connectivity index (χ3v) is 4.73. The summed E-state index contributed by atoms with van der Waals surface area (Å²) >= 11 is 0. The van der Waals surface area contributed by atoms with Crippen molar-refractivity contribution >= 4 is 21.6 Å². The first-order valence-electron chi connectivity index (χ1n) is 6.40. The summed E-state index contributed by atoms with van der Waals surface area (Å²) in [5, 5.41) is 2.72. The van der Waals surface area contributed by atoms with Crippen LogP contribution in [0.3, 0.4) is 0 Å². The molecular formula is C13H18N2O3S. The highest BCUT2D eigenvalue weighted by atomic mass is 32.2. The molecule has 1 heterocycles. The van der Waals surface area contributed by atoms with Gasteiger partial charge in [0.25, 0.3) is 0 Å². The van der Waals surface area contributed by atoms with E-state index in [1.54, 1.807) is 19.1 Å². The Bertz CT molecular complexity index is 596. The van der Waals surface area contributed by atoms with E-state index in [0.29, 0.717) is 12.2 Å². The van der Waals surface area contributed by atoms with Crippen molar-refractivity contribution in [2.45, 2.75) is 37.5 Å². The lowest BCUT2D eigenvalue weighted by molar-refractivity contribution is -0.116. The Morgan fingerprint density at radius 3 is 2.79 bits per heavy atom. The van der Waals surface area contributed by atoms with E-state index >= 15 is 0 Å². The van der Waals surface area contributed by atoms with E-state index in [0.717, 1.165) is 18.4 Å². The van der Waals surface area contributed by atoms with E-state index in [2.05, 4.69) is 10.0 Å². The largest absolute Gasteiger partial charge is 0.325 e. The van der Waals surface area contributed by atoms with Gasteiger partial charge in [-0.1, -0.05) is 13.3 Å². The predicted octanol–water partition coefficient (Wildman–Crippen LogP) is 1.82. The molecule has 1 atom stereocenters. The van der Waals surface area contributed by atoms with Gasteiger partial charge in [-0.3, -0.25) is 4.79 Å². The molecule has 19 heavy (non-hydrogen) atoms. The highest BCUT2D eigenvalue weighted by Crippen LogP contribution is 2.33. The molecule has 0 radical (unpaired) electrons. The Hall–Kier alpha value is -1.40. The van der Waals surface area contributed by atoms with Crippen LogP contribution in [0.4, 0.5) is 5.69 Å². The van der Waals surface area contributed by atoms with Crippen molar-refractivity contribution in [3.63, 3.8) is 0 Å². The number of hydrogen-bond donors (Lipinski definition) is 2. The number of anilines is 1. The number of nitrogens with one attached hydrogen (secondary N) is 2. The Balaban J connectivity index is 2.26. The third kappa shape index (κ3) is 2.79. The average Bonchev–Trinajstić information content (AvgIpc) is 2.65. The fourth-order valence-corrected chi connectivity index (χ4v) is 3.14. The molecule has 0 spiro atoms. The molecule has 0 fully saturated rings. The molecule has 1 aromatic rings. The second kappa shape index (κ2) is 5.30. The number of benzene rings is 1. The first-order valence-corrected chi connectivity index (χ1v) is 7.88. The van der Waals surface area contributed by atoms with Crippen LogP contribution < -0.4 is 10.0 Å². The van der Waals surface area contributed by atoms with Crippen molar-refractivity contribution in [2.24, 2.45) is 0 Å². The van der Waals surface area contributed by atoms with Gasteiger partial charge in [-0.2, -0.15) is 0 Å². The van der Waals surface area contributed by atoms with Crippen molar-refractivity contribution in [1.82, 2.24) is 4.72 Å². The van der Waals surface area contributed by atoms with Crippen LogP contribution in [0, 0.1) is 0 Å². The van der Waals surface area contributed by atoms with Crippen molar-refractivity contribution < 1.29 is 13.2 Å². The number of rotatable bonds is 5. The Morgan fingerprint density at radius 1 is 1.37 bits per heavy atom. The smallest absolute Gasteiger partial charge is 0.240 e. The summed E-state index contributed by atoms with van der Waals surface area (Å²) in [6, 6.07) is 4.74. The average molecular weight is 282 g/mol. The van der Waals surface area contributed by atoms with Gasteiger partial charge >= 0.3 is 0 Å². The van der Waals surface area contributed by atoms with Gasteiger partial charge in [-0.25, -0.2) is 13.1 Å². The Labute approximate surface area is 113 Å². The highest BCUT2D eigenvalue weighted by Gasteiger charge is 2.28. The van der Waals surface area contributed by atoms with E-state index in [1.165, 1.54) is 6.07 Å². The molecule has 1 amide bonds. The molecule has 1 aliphatic heterocycles. The first kappa shape index (κ1) is 14.0. The Kier molecular flexibility index (Phi) is 3.91. The second-order valence-corrected chi connectivity index (χ2v) is 6.48.